The first-order chi connectivity index (χ1) is 7.59. The van der Waals surface area contributed by atoms with E-state index in [2.05, 4.69) is 4.98 Å². The van der Waals surface area contributed by atoms with Gasteiger partial charge in [0.15, 0.2) is 0 Å². The van der Waals surface area contributed by atoms with Gasteiger partial charge in [0.05, 0.1) is 16.9 Å². The molecule has 82 valence electrons. The smallest absolute Gasteiger partial charge is 0.127 e. The lowest BCUT2D eigenvalue weighted by Gasteiger charge is -2.08. The number of benzene rings is 1. The standard InChI is InChI=1S/C12H10ClFN2/c1-7-4-9(10(13)5-11(7)14)8-2-3-16-6-12(8)15/h2-6H,15H2,1H3. The Morgan fingerprint density at radius 1 is 1.31 bits per heavy atom. The summed E-state index contributed by atoms with van der Waals surface area (Å²) in [6, 6.07) is 4.74. The van der Waals surface area contributed by atoms with Crippen LogP contribution in [0.4, 0.5) is 10.1 Å². The van der Waals surface area contributed by atoms with Crippen LogP contribution in [0.15, 0.2) is 30.6 Å². The molecule has 16 heavy (non-hydrogen) atoms. The van der Waals surface area contributed by atoms with Crippen molar-refractivity contribution in [2.45, 2.75) is 6.92 Å². The van der Waals surface area contributed by atoms with Gasteiger partial charge < -0.3 is 5.73 Å². The fraction of sp³-hybridized carbons (Fsp3) is 0.0833. The summed E-state index contributed by atoms with van der Waals surface area (Å²) < 4.78 is 13.2. The molecule has 1 aromatic carbocycles. The van der Waals surface area contributed by atoms with Gasteiger partial charge >= 0.3 is 0 Å². The third kappa shape index (κ3) is 1.86. The zero-order valence-corrected chi connectivity index (χ0v) is 9.42. The van der Waals surface area contributed by atoms with Gasteiger partial charge in [-0.3, -0.25) is 4.98 Å². The second-order valence-electron chi connectivity index (χ2n) is 3.54. The van der Waals surface area contributed by atoms with E-state index in [9.17, 15) is 4.39 Å². The first kappa shape index (κ1) is 10.9. The van der Waals surface area contributed by atoms with Gasteiger partial charge in [-0.2, -0.15) is 0 Å². The highest BCUT2D eigenvalue weighted by molar-refractivity contribution is 6.33. The molecule has 4 heteroatoms. The number of anilines is 1. The Balaban J connectivity index is 2.65. The van der Waals surface area contributed by atoms with Gasteiger partial charge in [-0.1, -0.05) is 11.6 Å². The predicted octanol–water partition coefficient (Wildman–Crippen LogP) is 3.43. The van der Waals surface area contributed by atoms with E-state index in [4.69, 9.17) is 17.3 Å². The van der Waals surface area contributed by atoms with Gasteiger partial charge in [-0.05, 0) is 30.7 Å². The number of nitrogens with two attached hydrogens (primary N) is 1. The van der Waals surface area contributed by atoms with Crippen LogP contribution in [0.2, 0.25) is 5.02 Å². The molecule has 0 bridgehead atoms. The molecule has 0 amide bonds. The van der Waals surface area contributed by atoms with E-state index in [1.54, 1.807) is 31.5 Å². The highest BCUT2D eigenvalue weighted by Crippen LogP contribution is 2.33. The van der Waals surface area contributed by atoms with Crippen molar-refractivity contribution in [3.05, 3.63) is 47.0 Å². The van der Waals surface area contributed by atoms with E-state index in [-0.39, 0.29) is 5.82 Å². The van der Waals surface area contributed by atoms with Crippen LogP contribution in [0.5, 0.6) is 0 Å². The van der Waals surface area contributed by atoms with Crippen molar-refractivity contribution in [2.24, 2.45) is 0 Å². The lowest BCUT2D eigenvalue weighted by molar-refractivity contribution is 0.619. The third-order valence-corrected chi connectivity index (χ3v) is 2.70. The van der Waals surface area contributed by atoms with Gasteiger partial charge in [-0.25, -0.2) is 4.39 Å². The molecule has 0 saturated carbocycles. The summed E-state index contributed by atoms with van der Waals surface area (Å²) in [7, 11) is 0. The zero-order chi connectivity index (χ0) is 11.7. The Kier molecular flexibility index (Phi) is 2.79. The van der Waals surface area contributed by atoms with Crippen LogP contribution < -0.4 is 5.73 Å². The maximum Gasteiger partial charge on any atom is 0.127 e. The highest BCUT2D eigenvalue weighted by Gasteiger charge is 2.09. The number of nitrogen functional groups attached to an aromatic ring is 1. The number of aromatic nitrogens is 1. The molecular formula is C12H10ClFN2. The minimum atomic E-state index is -0.318. The third-order valence-electron chi connectivity index (χ3n) is 2.39. The van der Waals surface area contributed by atoms with Crippen molar-refractivity contribution in [1.29, 1.82) is 0 Å². The van der Waals surface area contributed by atoms with Crippen LogP contribution in [0.1, 0.15) is 5.56 Å². The Labute approximate surface area is 97.9 Å². The molecule has 0 saturated heterocycles. The molecule has 0 spiro atoms. The topological polar surface area (TPSA) is 38.9 Å². The van der Waals surface area contributed by atoms with E-state index in [1.165, 1.54) is 6.07 Å². The quantitative estimate of drug-likeness (QED) is 0.824. The van der Waals surface area contributed by atoms with Gasteiger partial charge in [0.1, 0.15) is 5.82 Å². The summed E-state index contributed by atoms with van der Waals surface area (Å²) in [5.41, 5.74) is 8.35. The Morgan fingerprint density at radius 2 is 2.06 bits per heavy atom. The molecule has 2 aromatic rings. The second kappa shape index (κ2) is 4.10. The van der Waals surface area contributed by atoms with E-state index >= 15 is 0 Å². The summed E-state index contributed by atoms with van der Waals surface area (Å²) in [5, 5.41) is 0.348. The van der Waals surface area contributed by atoms with Gasteiger partial charge in [0, 0.05) is 17.3 Å². The molecular weight excluding hydrogens is 227 g/mol. The maximum absolute atomic E-state index is 13.2. The molecule has 0 radical (unpaired) electrons. The first-order valence-electron chi connectivity index (χ1n) is 4.75. The van der Waals surface area contributed by atoms with E-state index < -0.39 is 0 Å². The van der Waals surface area contributed by atoms with Crippen molar-refractivity contribution in [2.75, 3.05) is 5.73 Å². The molecule has 0 fully saturated rings. The van der Waals surface area contributed by atoms with Crippen LogP contribution >= 0.6 is 11.6 Å². The van der Waals surface area contributed by atoms with E-state index in [0.717, 1.165) is 11.1 Å². The van der Waals surface area contributed by atoms with Crippen molar-refractivity contribution >= 4 is 17.3 Å². The van der Waals surface area contributed by atoms with Crippen molar-refractivity contribution < 1.29 is 4.39 Å². The van der Waals surface area contributed by atoms with Gasteiger partial charge in [0.2, 0.25) is 0 Å². The van der Waals surface area contributed by atoms with Crippen LogP contribution in [-0.4, -0.2) is 4.98 Å². The minimum absolute atomic E-state index is 0.318. The maximum atomic E-state index is 13.2. The highest BCUT2D eigenvalue weighted by atomic mass is 35.5. The molecule has 0 unspecified atom stereocenters. The van der Waals surface area contributed by atoms with E-state index in [0.29, 0.717) is 16.3 Å². The second-order valence-corrected chi connectivity index (χ2v) is 3.95. The van der Waals surface area contributed by atoms with Crippen LogP contribution in [0.3, 0.4) is 0 Å². The average Bonchev–Trinajstić information content (AvgIpc) is 2.25. The fourth-order valence-electron chi connectivity index (χ4n) is 1.52. The lowest BCUT2D eigenvalue weighted by atomic mass is 10.0. The Hall–Kier alpha value is -1.61. The Morgan fingerprint density at radius 3 is 2.75 bits per heavy atom. The minimum Gasteiger partial charge on any atom is -0.397 e. The average molecular weight is 237 g/mol. The van der Waals surface area contributed by atoms with Crippen molar-refractivity contribution in [1.82, 2.24) is 4.98 Å². The normalized spacial score (nSPS) is 10.4. The van der Waals surface area contributed by atoms with E-state index in [1.807, 2.05) is 0 Å². The van der Waals surface area contributed by atoms with Crippen molar-refractivity contribution in [3.63, 3.8) is 0 Å². The number of pyridine rings is 1. The SMILES string of the molecule is Cc1cc(-c2ccncc2N)c(Cl)cc1F. The fourth-order valence-corrected chi connectivity index (χ4v) is 1.77. The number of nitrogens with zero attached hydrogens (tertiary/aromatic N) is 1. The predicted molar refractivity (Wildman–Crippen MR) is 63.8 cm³/mol. The van der Waals surface area contributed by atoms with Gasteiger partial charge in [-0.15, -0.1) is 0 Å². The van der Waals surface area contributed by atoms with Gasteiger partial charge in [0.25, 0.3) is 0 Å². The Bertz CT molecular complexity index is 541. The molecule has 0 aliphatic rings. The summed E-state index contributed by atoms with van der Waals surface area (Å²) in [6.45, 7) is 1.69. The molecule has 0 aliphatic heterocycles. The van der Waals surface area contributed by atoms with Crippen LogP contribution in [0.25, 0.3) is 11.1 Å². The number of rotatable bonds is 1. The monoisotopic (exact) mass is 236 g/mol. The zero-order valence-electron chi connectivity index (χ0n) is 8.67. The van der Waals surface area contributed by atoms with Crippen LogP contribution in [0, 0.1) is 12.7 Å². The molecule has 1 aromatic heterocycles. The largest absolute Gasteiger partial charge is 0.397 e. The van der Waals surface area contributed by atoms with Crippen molar-refractivity contribution in [3.8, 4) is 11.1 Å². The number of hydrogen-bond donors (Lipinski definition) is 1. The number of hydrogen-bond acceptors (Lipinski definition) is 2. The summed E-state index contributed by atoms with van der Waals surface area (Å²) in [5.74, 6) is -0.318. The summed E-state index contributed by atoms with van der Waals surface area (Å²) >= 11 is 5.99. The molecule has 2 nitrogen and oxygen atoms in total. The number of aryl methyl sites for hydroxylation is 1. The number of halogens is 2. The summed E-state index contributed by atoms with van der Waals surface area (Å²) in [4.78, 5) is 3.90. The molecule has 0 atom stereocenters. The molecule has 1 heterocycles. The summed E-state index contributed by atoms with van der Waals surface area (Å²) in [6.07, 6.45) is 3.17. The molecule has 2 rings (SSSR count). The lowest BCUT2D eigenvalue weighted by Crippen LogP contribution is -1.93. The molecule has 0 aliphatic carbocycles. The molecule has 2 N–H and O–H groups in total. The van der Waals surface area contributed by atoms with Crippen LogP contribution in [-0.2, 0) is 0 Å². The first-order valence-corrected chi connectivity index (χ1v) is 5.13.